The van der Waals surface area contributed by atoms with Crippen LogP contribution >= 0.6 is 0 Å². The topological polar surface area (TPSA) is 95.5 Å². The van der Waals surface area contributed by atoms with Crippen molar-refractivity contribution in [1.82, 2.24) is 4.98 Å². The van der Waals surface area contributed by atoms with Crippen molar-refractivity contribution < 1.29 is 18.9 Å². The second-order valence-corrected chi connectivity index (χ2v) is 6.42. The van der Waals surface area contributed by atoms with Crippen LogP contribution in [-0.4, -0.2) is 22.8 Å². The van der Waals surface area contributed by atoms with E-state index in [1.54, 1.807) is 60.7 Å². The van der Waals surface area contributed by atoms with Crippen LogP contribution < -0.4 is 4.74 Å². The summed E-state index contributed by atoms with van der Waals surface area (Å²) in [7, 11) is 1.51. The number of carbonyl (C=O) groups excluding carboxylic acids is 1. The molecule has 7 heteroatoms. The zero-order valence-corrected chi connectivity index (χ0v) is 15.9. The first-order valence-electron chi connectivity index (χ1n) is 9.06. The van der Waals surface area contributed by atoms with Crippen molar-refractivity contribution in [1.29, 1.82) is 0 Å². The fourth-order valence-electron chi connectivity index (χ4n) is 3.06. The molecule has 0 N–H and O–H groups in total. The molecule has 0 saturated heterocycles. The number of ketones is 1. The number of nitro groups is 1. The molecule has 30 heavy (non-hydrogen) atoms. The average Bonchev–Trinajstić information content (AvgIpc) is 3.21. The maximum atomic E-state index is 13.4. The first kappa shape index (κ1) is 19.1. The number of nitrogens with zero attached hydrogens (tertiary/aromatic N) is 2. The lowest BCUT2D eigenvalue weighted by Crippen LogP contribution is -2.04. The molecule has 0 unspecified atom stereocenters. The predicted octanol–water partition coefficient (Wildman–Crippen LogP) is 5.17. The molecule has 3 aromatic carbocycles. The van der Waals surface area contributed by atoms with E-state index in [9.17, 15) is 14.9 Å². The third-order valence-corrected chi connectivity index (χ3v) is 4.53. The molecule has 4 rings (SSSR count). The number of Topliss-reactive ketones (excluding diaryl/α,β-unsaturated/α-hetero) is 1. The highest BCUT2D eigenvalue weighted by molar-refractivity contribution is 6.31. The third kappa shape index (κ3) is 3.68. The molecule has 1 aromatic heterocycles. The zero-order valence-electron chi connectivity index (χ0n) is 15.9. The van der Waals surface area contributed by atoms with Gasteiger partial charge in [-0.3, -0.25) is 14.9 Å². The van der Waals surface area contributed by atoms with Gasteiger partial charge in [0.2, 0.25) is 5.89 Å². The van der Waals surface area contributed by atoms with Gasteiger partial charge in [0.15, 0.2) is 11.4 Å². The average molecular weight is 400 g/mol. The van der Waals surface area contributed by atoms with Crippen molar-refractivity contribution in [3.8, 4) is 5.75 Å². The number of hydrogen-bond acceptors (Lipinski definition) is 6. The van der Waals surface area contributed by atoms with Crippen LogP contribution in [0.3, 0.4) is 0 Å². The molecule has 0 fully saturated rings. The van der Waals surface area contributed by atoms with Crippen LogP contribution in [0.2, 0.25) is 0 Å². The monoisotopic (exact) mass is 400 g/mol. The maximum absolute atomic E-state index is 13.4. The molecule has 7 nitrogen and oxygen atoms in total. The number of methoxy groups -OCH3 is 1. The number of ether oxygens (including phenoxy) is 1. The Morgan fingerprint density at radius 3 is 2.60 bits per heavy atom. The van der Waals surface area contributed by atoms with Gasteiger partial charge in [0.25, 0.3) is 5.69 Å². The van der Waals surface area contributed by atoms with Crippen LogP contribution in [0.5, 0.6) is 5.75 Å². The number of rotatable bonds is 6. The zero-order chi connectivity index (χ0) is 21.1. The van der Waals surface area contributed by atoms with Gasteiger partial charge >= 0.3 is 0 Å². The minimum absolute atomic E-state index is 0.0853. The molecular formula is C23H16N2O5. The van der Waals surface area contributed by atoms with E-state index in [0.29, 0.717) is 22.4 Å². The number of allylic oxidation sites excluding steroid dienone is 1. The van der Waals surface area contributed by atoms with Crippen LogP contribution in [0, 0.1) is 10.1 Å². The molecule has 4 aromatic rings. The molecular weight excluding hydrogens is 384 g/mol. The highest BCUT2D eigenvalue weighted by Gasteiger charge is 2.22. The van der Waals surface area contributed by atoms with Crippen molar-refractivity contribution >= 4 is 34.2 Å². The lowest BCUT2D eigenvalue weighted by Gasteiger charge is -2.06. The van der Waals surface area contributed by atoms with Gasteiger partial charge in [-0.2, -0.15) is 0 Å². The molecule has 0 aliphatic rings. The van der Waals surface area contributed by atoms with E-state index < -0.39 is 10.7 Å². The summed E-state index contributed by atoms with van der Waals surface area (Å²) in [5.74, 6) is 0.212. The number of carbonyl (C=O) groups is 1. The summed E-state index contributed by atoms with van der Waals surface area (Å²) >= 11 is 0. The van der Waals surface area contributed by atoms with Crippen LogP contribution in [0.15, 0.2) is 77.2 Å². The van der Waals surface area contributed by atoms with Crippen molar-refractivity contribution in [3.05, 3.63) is 99.9 Å². The lowest BCUT2D eigenvalue weighted by molar-refractivity contribution is -0.385. The van der Waals surface area contributed by atoms with Gasteiger partial charge in [0.05, 0.1) is 23.2 Å². The Labute approximate surface area is 171 Å². The molecule has 0 amide bonds. The molecule has 148 valence electrons. The van der Waals surface area contributed by atoms with Crippen molar-refractivity contribution in [2.24, 2.45) is 0 Å². The number of fused-ring (bicyclic) bond motifs is 1. The summed E-state index contributed by atoms with van der Waals surface area (Å²) in [6, 6.07) is 19.9. The Morgan fingerprint density at radius 2 is 1.83 bits per heavy atom. The Bertz CT molecular complexity index is 1260. The highest BCUT2D eigenvalue weighted by atomic mass is 16.6. The van der Waals surface area contributed by atoms with Gasteiger partial charge in [-0.25, -0.2) is 4.98 Å². The second-order valence-electron chi connectivity index (χ2n) is 6.42. The summed E-state index contributed by atoms with van der Waals surface area (Å²) in [6.45, 7) is 0. The lowest BCUT2D eigenvalue weighted by atomic mass is 10.00. The van der Waals surface area contributed by atoms with Gasteiger partial charge in [-0.1, -0.05) is 36.4 Å². The molecule has 0 aliphatic heterocycles. The SMILES string of the molecule is COc1cccc(C(=O)/C(=C/c2ccccc2[N+](=O)[O-])c2nc3ccccc3o2)c1. The first-order chi connectivity index (χ1) is 14.6. The molecule has 0 spiro atoms. The van der Waals surface area contributed by atoms with Gasteiger partial charge < -0.3 is 9.15 Å². The fourth-order valence-corrected chi connectivity index (χ4v) is 3.06. The molecule has 0 atom stereocenters. The Morgan fingerprint density at radius 1 is 1.07 bits per heavy atom. The third-order valence-electron chi connectivity index (χ3n) is 4.53. The fraction of sp³-hybridized carbons (Fsp3) is 0.0435. The minimum atomic E-state index is -0.495. The first-order valence-corrected chi connectivity index (χ1v) is 9.06. The van der Waals surface area contributed by atoms with Crippen molar-refractivity contribution in [3.63, 3.8) is 0 Å². The maximum Gasteiger partial charge on any atom is 0.276 e. The van der Waals surface area contributed by atoms with Gasteiger partial charge in [0.1, 0.15) is 11.3 Å². The number of hydrogen-bond donors (Lipinski definition) is 0. The number of nitro benzene ring substituents is 1. The van der Waals surface area contributed by atoms with E-state index in [4.69, 9.17) is 9.15 Å². The van der Waals surface area contributed by atoms with Crippen molar-refractivity contribution in [2.45, 2.75) is 0 Å². The largest absolute Gasteiger partial charge is 0.497 e. The molecule has 0 saturated carbocycles. The summed E-state index contributed by atoms with van der Waals surface area (Å²) in [6.07, 6.45) is 1.44. The van der Waals surface area contributed by atoms with Crippen molar-refractivity contribution in [2.75, 3.05) is 7.11 Å². The van der Waals surface area contributed by atoms with Crippen LogP contribution in [0.4, 0.5) is 5.69 Å². The number of oxazole rings is 1. The van der Waals surface area contributed by atoms with E-state index in [-0.39, 0.29) is 22.7 Å². The van der Waals surface area contributed by atoms with E-state index in [1.165, 1.54) is 19.3 Å². The predicted molar refractivity (Wildman–Crippen MR) is 112 cm³/mol. The van der Waals surface area contributed by atoms with Gasteiger partial charge in [-0.15, -0.1) is 0 Å². The summed E-state index contributed by atoms with van der Waals surface area (Å²) in [5, 5.41) is 11.4. The molecule has 0 aliphatic carbocycles. The smallest absolute Gasteiger partial charge is 0.276 e. The van der Waals surface area contributed by atoms with Crippen LogP contribution in [0.25, 0.3) is 22.7 Å². The van der Waals surface area contributed by atoms with Gasteiger partial charge in [0, 0.05) is 11.6 Å². The summed E-state index contributed by atoms with van der Waals surface area (Å²) in [4.78, 5) is 28.7. The Kier molecular flexibility index (Phi) is 5.09. The van der Waals surface area contributed by atoms with E-state index >= 15 is 0 Å². The number of benzene rings is 3. The molecule has 0 bridgehead atoms. The summed E-state index contributed by atoms with van der Waals surface area (Å²) in [5.41, 5.74) is 1.70. The highest BCUT2D eigenvalue weighted by Crippen LogP contribution is 2.29. The number of para-hydroxylation sites is 3. The minimum Gasteiger partial charge on any atom is -0.497 e. The van der Waals surface area contributed by atoms with E-state index in [1.807, 2.05) is 6.07 Å². The van der Waals surface area contributed by atoms with Crippen LogP contribution in [-0.2, 0) is 0 Å². The Hall–Kier alpha value is -4.26. The molecule has 0 radical (unpaired) electrons. The van der Waals surface area contributed by atoms with E-state index in [0.717, 1.165) is 0 Å². The van der Waals surface area contributed by atoms with Crippen LogP contribution in [0.1, 0.15) is 21.8 Å². The quantitative estimate of drug-likeness (QED) is 0.192. The normalized spacial score (nSPS) is 11.4. The number of aromatic nitrogens is 1. The molecule has 1 heterocycles. The van der Waals surface area contributed by atoms with E-state index in [2.05, 4.69) is 4.98 Å². The Balaban J connectivity index is 1.91. The van der Waals surface area contributed by atoms with Gasteiger partial charge in [-0.05, 0) is 36.4 Å². The summed E-state index contributed by atoms with van der Waals surface area (Å²) < 4.78 is 11.0. The standard InChI is InChI=1S/C23H16N2O5/c1-29-17-9-6-8-16(13-17)22(26)18(14-15-7-2-4-11-20(15)25(27)28)23-24-19-10-3-5-12-21(19)30-23/h2-14H,1H3/b18-14-. The second kappa shape index (κ2) is 8.00.